The summed E-state index contributed by atoms with van der Waals surface area (Å²) in [5.74, 6) is 0.899. The second-order valence-electron chi connectivity index (χ2n) is 2.57. The first-order valence-electron chi connectivity index (χ1n) is 3.63. The van der Waals surface area contributed by atoms with Gasteiger partial charge in [-0.25, -0.2) is 4.98 Å². The lowest BCUT2D eigenvalue weighted by atomic mass is 10.1. The summed E-state index contributed by atoms with van der Waals surface area (Å²) >= 11 is 5.69. The molecule has 58 valence electrons. The topological polar surface area (TPSA) is 22.1 Å². The summed E-state index contributed by atoms with van der Waals surface area (Å²) in [6.07, 6.45) is 3.92. The number of hydrogen-bond donors (Lipinski definition) is 0. The molecule has 0 bridgehead atoms. The monoisotopic (exact) mass is 169 g/mol. The Morgan fingerprint density at radius 3 is 3.36 bits per heavy atom. The molecule has 1 aromatic heterocycles. The second-order valence-corrected chi connectivity index (χ2v) is 2.95. The van der Waals surface area contributed by atoms with Crippen LogP contribution < -0.4 is 4.74 Å². The van der Waals surface area contributed by atoms with Crippen molar-refractivity contribution in [2.75, 3.05) is 6.61 Å². The highest BCUT2D eigenvalue weighted by molar-refractivity contribution is 6.29. The van der Waals surface area contributed by atoms with Gasteiger partial charge in [0.15, 0.2) is 0 Å². The molecule has 0 fully saturated rings. The highest BCUT2D eigenvalue weighted by Gasteiger charge is 2.10. The minimum Gasteiger partial charge on any atom is -0.493 e. The maximum atomic E-state index is 5.69. The molecule has 0 unspecified atom stereocenters. The maximum absolute atomic E-state index is 5.69. The van der Waals surface area contributed by atoms with Crippen LogP contribution in [0.3, 0.4) is 0 Å². The van der Waals surface area contributed by atoms with Crippen molar-refractivity contribution in [3.05, 3.63) is 23.0 Å². The van der Waals surface area contributed by atoms with Gasteiger partial charge in [0.05, 0.1) is 6.61 Å². The fourth-order valence-corrected chi connectivity index (χ4v) is 1.36. The van der Waals surface area contributed by atoms with Gasteiger partial charge in [-0.15, -0.1) is 0 Å². The summed E-state index contributed by atoms with van der Waals surface area (Å²) in [4.78, 5) is 3.98. The minimum absolute atomic E-state index is 0.505. The molecule has 1 aliphatic heterocycles. The van der Waals surface area contributed by atoms with E-state index in [1.807, 2.05) is 0 Å². The van der Waals surface area contributed by atoms with Crippen molar-refractivity contribution in [1.29, 1.82) is 0 Å². The van der Waals surface area contributed by atoms with Gasteiger partial charge in [-0.1, -0.05) is 11.6 Å². The van der Waals surface area contributed by atoms with Gasteiger partial charge in [-0.05, 0) is 12.8 Å². The molecule has 2 nitrogen and oxygen atoms in total. The van der Waals surface area contributed by atoms with Gasteiger partial charge in [0.2, 0.25) is 0 Å². The summed E-state index contributed by atoms with van der Waals surface area (Å²) in [5.41, 5.74) is 1.17. The zero-order valence-corrected chi connectivity index (χ0v) is 6.77. The number of fused-ring (bicyclic) bond motifs is 1. The molecule has 2 heterocycles. The maximum Gasteiger partial charge on any atom is 0.132 e. The van der Waals surface area contributed by atoms with Crippen molar-refractivity contribution >= 4 is 11.6 Å². The number of halogens is 1. The van der Waals surface area contributed by atoms with Crippen molar-refractivity contribution in [3.63, 3.8) is 0 Å². The van der Waals surface area contributed by atoms with Crippen molar-refractivity contribution < 1.29 is 4.74 Å². The second kappa shape index (κ2) is 2.70. The molecule has 3 heteroatoms. The van der Waals surface area contributed by atoms with E-state index < -0.39 is 0 Å². The minimum atomic E-state index is 0.505. The van der Waals surface area contributed by atoms with E-state index in [2.05, 4.69) is 4.98 Å². The van der Waals surface area contributed by atoms with Crippen LogP contribution in [0.1, 0.15) is 12.0 Å². The molecule has 0 aliphatic carbocycles. The molecule has 0 atom stereocenters. The number of ether oxygens (including phenoxy) is 1. The van der Waals surface area contributed by atoms with Crippen LogP contribution >= 0.6 is 11.6 Å². The van der Waals surface area contributed by atoms with Gasteiger partial charge in [0, 0.05) is 17.8 Å². The number of aromatic nitrogens is 1. The highest BCUT2D eigenvalue weighted by atomic mass is 35.5. The third kappa shape index (κ3) is 1.31. The lowest BCUT2D eigenvalue weighted by Crippen LogP contribution is -2.08. The highest BCUT2D eigenvalue weighted by Crippen LogP contribution is 2.25. The quantitative estimate of drug-likeness (QED) is 0.555. The molecule has 0 radical (unpaired) electrons. The van der Waals surface area contributed by atoms with Crippen LogP contribution in [-0.4, -0.2) is 11.6 Å². The molecule has 1 aromatic rings. The average Bonchev–Trinajstić information content (AvgIpc) is 2.04. The summed E-state index contributed by atoms with van der Waals surface area (Å²) in [5, 5.41) is 0.505. The van der Waals surface area contributed by atoms with Gasteiger partial charge in [-0.2, -0.15) is 0 Å². The largest absolute Gasteiger partial charge is 0.493 e. The summed E-state index contributed by atoms with van der Waals surface area (Å²) in [6, 6.07) is 1.77. The molecule has 0 saturated heterocycles. The molecule has 2 rings (SSSR count). The number of nitrogens with zero attached hydrogens (tertiary/aromatic N) is 1. The first-order valence-corrected chi connectivity index (χ1v) is 4.01. The predicted molar refractivity (Wildman–Crippen MR) is 43.1 cm³/mol. The van der Waals surface area contributed by atoms with E-state index in [1.165, 1.54) is 5.56 Å². The molecular formula is C8H8ClNO. The Bertz CT molecular complexity index is 275. The molecule has 0 spiro atoms. The van der Waals surface area contributed by atoms with Crippen molar-refractivity contribution in [2.45, 2.75) is 12.8 Å². The van der Waals surface area contributed by atoms with E-state index in [4.69, 9.17) is 16.3 Å². The zero-order chi connectivity index (χ0) is 7.68. The van der Waals surface area contributed by atoms with Gasteiger partial charge in [0.25, 0.3) is 0 Å². The normalized spacial score (nSPS) is 15.4. The van der Waals surface area contributed by atoms with Crippen LogP contribution in [0, 0.1) is 0 Å². The van der Waals surface area contributed by atoms with Crippen molar-refractivity contribution in [1.82, 2.24) is 4.98 Å². The molecule has 0 amide bonds. The van der Waals surface area contributed by atoms with Crippen LogP contribution in [0.25, 0.3) is 0 Å². The number of aryl methyl sites for hydroxylation is 1. The molecule has 1 aliphatic rings. The predicted octanol–water partition coefficient (Wildman–Crippen LogP) is 2.06. The standard InChI is InChI=1S/C8H8ClNO/c9-8-4-7-6(5-10-8)2-1-3-11-7/h4-5H,1-3H2. The van der Waals surface area contributed by atoms with Gasteiger partial charge < -0.3 is 4.74 Å². The Kier molecular flexibility index (Phi) is 1.70. The molecular weight excluding hydrogens is 162 g/mol. The number of hydrogen-bond acceptors (Lipinski definition) is 2. The molecule has 0 aromatic carbocycles. The Morgan fingerprint density at radius 2 is 2.45 bits per heavy atom. The van der Waals surface area contributed by atoms with E-state index in [9.17, 15) is 0 Å². The third-order valence-electron chi connectivity index (χ3n) is 1.76. The number of pyridine rings is 1. The summed E-state index contributed by atoms with van der Waals surface area (Å²) in [7, 11) is 0. The van der Waals surface area contributed by atoms with Crippen LogP contribution in [0.2, 0.25) is 5.15 Å². The van der Waals surface area contributed by atoms with E-state index in [0.29, 0.717) is 5.15 Å². The molecule has 11 heavy (non-hydrogen) atoms. The lowest BCUT2D eigenvalue weighted by molar-refractivity contribution is 0.288. The Morgan fingerprint density at radius 1 is 1.55 bits per heavy atom. The lowest BCUT2D eigenvalue weighted by Gasteiger charge is -2.15. The third-order valence-corrected chi connectivity index (χ3v) is 1.97. The van der Waals surface area contributed by atoms with Gasteiger partial charge in [0.1, 0.15) is 10.9 Å². The zero-order valence-electron chi connectivity index (χ0n) is 6.01. The van der Waals surface area contributed by atoms with Crippen LogP contribution in [0.4, 0.5) is 0 Å². The van der Waals surface area contributed by atoms with Crippen molar-refractivity contribution in [3.8, 4) is 5.75 Å². The Labute approximate surface area is 70.2 Å². The van der Waals surface area contributed by atoms with Gasteiger partial charge in [-0.3, -0.25) is 0 Å². The Hall–Kier alpha value is -0.760. The van der Waals surface area contributed by atoms with E-state index in [-0.39, 0.29) is 0 Å². The van der Waals surface area contributed by atoms with E-state index >= 15 is 0 Å². The number of rotatable bonds is 0. The average molecular weight is 170 g/mol. The first kappa shape index (κ1) is 6.92. The smallest absolute Gasteiger partial charge is 0.132 e. The van der Waals surface area contributed by atoms with E-state index in [1.54, 1.807) is 12.3 Å². The molecule has 0 N–H and O–H groups in total. The summed E-state index contributed by atoms with van der Waals surface area (Å²) < 4.78 is 5.38. The van der Waals surface area contributed by atoms with Crippen molar-refractivity contribution in [2.24, 2.45) is 0 Å². The van der Waals surface area contributed by atoms with E-state index in [0.717, 1.165) is 25.2 Å². The van der Waals surface area contributed by atoms with Crippen LogP contribution in [0.15, 0.2) is 12.3 Å². The summed E-state index contributed by atoms with van der Waals surface area (Å²) in [6.45, 7) is 0.799. The fraction of sp³-hybridized carbons (Fsp3) is 0.375. The van der Waals surface area contributed by atoms with Crippen LogP contribution in [0.5, 0.6) is 5.75 Å². The fourth-order valence-electron chi connectivity index (χ4n) is 1.21. The first-order chi connectivity index (χ1) is 5.36. The molecule has 0 saturated carbocycles. The van der Waals surface area contributed by atoms with Crippen LogP contribution in [-0.2, 0) is 6.42 Å². The SMILES string of the molecule is Clc1cc2c(cn1)CCCO2. The Balaban J connectivity index is 2.43. The van der Waals surface area contributed by atoms with Gasteiger partial charge >= 0.3 is 0 Å².